The summed E-state index contributed by atoms with van der Waals surface area (Å²) >= 11 is 1.83. The number of methoxy groups -OCH3 is 1. The summed E-state index contributed by atoms with van der Waals surface area (Å²) in [6, 6.07) is 7.78. The van der Waals surface area contributed by atoms with Crippen LogP contribution in [0.1, 0.15) is 32.0 Å². The van der Waals surface area contributed by atoms with E-state index in [1.165, 1.54) is 0 Å². The first-order valence-electron chi connectivity index (χ1n) is 7.30. The molecular weight excluding hydrogens is 284 g/mol. The maximum Gasteiger partial charge on any atom is 0.241 e. The molecule has 1 aromatic rings. The summed E-state index contributed by atoms with van der Waals surface area (Å²) in [6.07, 6.45) is 3.05. The van der Waals surface area contributed by atoms with Crippen molar-refractivity contribution in [1.29, 1.82) is 0 Å². The number of carbonyl (C=O) groups is 1. The van der Waals surface area contributed by atoms with E-state index in [1.54, 1.807) is 7.11 Å². The molecule has 5 heteroatoms. The Balaban J connectivity index is 2.16. The molecule has 1 aromatic carbocycles. The Labute approximate surface area is 131 Å². The maximum absolute atomic E-state index is 12.4. The average Bonchev–Trinajstić information content (AvgIpc) is 2.80. The van der Waals surface area contributed by atoms with Crippen LogP contribution in [-0.4, -0.2) is 42.0 Å². The van der Waals surface area contributed by atoms with E-state index in [1.807, 2.05) is 47.9 Å². The lowest BCUT2D eigenvalue weighted by Crippen LogP contribution is -2.32. The van der Waals surface area contributed by atoms with Crippen LogP contribution < -0.4 is 10.1 Å². The monoisotopic (exact) mass is 308 g/mol. The third-order valence-electron chi connectivity index (χ3n) is 3.96. The Bertz CT molecular complexity index is 495. The molecule has 1 aliphatic rings. The van der Waals surface area contributed by atoms with Crippen LogP contribution in [0.25, 0.3) is 0 Å². The van der Waals surface area contributed by atoms with Gasteiger partial charge in [0.1, 0.15) is 11.9 Å². The molecule has 0 radical (unpaired) electrons. The lowest BCUT2D eigenvalue weighted by atomic mass is 10.1. The minimum atomic E-state index is -0.134. The number of nitrogens with zero attached hydrogens (tertiary/aromatic N) is 1. The number of benzene rings is 1. The van der Waals surface area contributed by atoms with Crippen molar-refractivity contribution in [2.45, 2.75) is 37.7 Å². The van der Waals surface area contributed by atoms with Crippen LogP contribution in [-0.2, 0) is 4.79 Å². The van der Waals surface area contributed by atoms with E-state index in [0.29, 0.717) is 5.25 Å². The zero-order valence-electron chi connectivity index (χ0n) is 13.1. The average molecular weight is 308 g/mol. The predicted molar refractivity (Wildman–Crippen MR) is 87.6 cm³/mol. The Hall–Kier alpha value is -1.20. The summed E-state index contributed by atoms with van der Waals surface area (Å²) < 4.78 is 5.28. The molecule has 4 nitrogen and oxygen atoms in total. The summed E-state index contributed by atoms with van der Waals surface area (Å²) in [5.41, 5.74) is 1.07. The first-order chi connectivity index (χ1) is 10.1. The van der Waals surface area contributed by atoms with Gasteiger partial charge in [-0.25, -0.2) is 0 Å². The number of hydrogen-bond donors (Lipinski definition) is 1. The third kappa shape index (κ3) is 3.71. The third-order valence-corrected chi connectivity index (χ3v) is 5.00. The van der Waals surface area contributed by atoms with Crippen molar-refractivity contribution in [1.82, 2.24) is 10.2 Å². The van der Waals surface area contributed by atoms with E-state index in [4.69, 9.17) is 4.74 Å². The van der Waals surface area contributed by atoms with E-state index in [-0.39, 0.29) is 18.1 Å². The highest BCUT2D eigenvalue weighted by Gasteiger charge is 2.36. The Morgan fingerprint density at radius 2 is 2.24 bits per heavy atom. The first-order valence-corrected chi connectivity index (χ1v) is 8.59. The van der Waals surface area contributed by atoms with Crippen molar-refractivity contribution in [2.75, 3.05) is 19.9 Å². The van der Waals surface area contributed by atoms with Crippen LogP contribution in [0, 0.1) is 0 Å². The van der Waals surface area contributed by atoms with Crippen molar-refractivity contribution in [3.8, 4) is 5.75 Å². The van der Waals surface area contributed by atoms with Crippen molar-refractivity contribution >= 4 is 17.7 Å². The van der Waals surface area contributed by atoms with Crippen LogP contribution in [0.5, 0.6) is 5.75 Å². The van der Waals surface area contributed by atoms with Gasteiger partial charge in [0.05, 0.1) is 13.2 Å². The highest BCUT2D eigenvalue weighted by atomic mass is 32.2. The maximum atomic E-state index is 12.4. The standard InChI is InChI=1S/C16H24N2O2S/c1-11(21-4)8-9-18-15(17-12(2)16(18)19)13-6-5-7-14(10-13)20-3/h5-7,10-12,15,17H,8-9H2,1-4H3. The molecule has 1 amide bonds. The topological polar surface area (TPSA) is 41.6 Å². The van der Waals surface area contributed by atoms with Crippen molar-refractivity contribution in [3.63, 3.8) is 0 Å². The zero-order chi connectivity index (χ0) is 15.4. The fraction of sp³-hybridized carbons (Fsp3) is 0.562. The number of thioether (sulfide) groups is 1. The van der Waals surface area contributed by atoms with E-state index in [0.717, 1.165) is 24.3 Å². The van der Waals surface area contributed by atoms with Gasteiger partial charge in [-0.05, 0) is 37.3 Å². The van der Waals surface area contributed by atoms with Crippen LogP contribution in [0.2, 0.25) is 0 Å². The quantitative estimate of drug-likeness (QED) is 0.877. The molecule has 1 aliphatic heterocycles. The fourth-order valence-corrected chi connectivity index (χ4v) is 2.88. The van der Waals surface area contributed by atoms with Crippen LogP contribution >= 0.6 is 11.8 Å². The van der Waals surface area contributed by atoms with E-state index < -0.39 is 0 Å². The lowest BCUT2D eigenvalue weighted by Gasteiger charge is -2.26. The minimum Gasteiger partial charge on any atom is -0.497 e. The number of carbonyl (C=O) groups excluding carboxylic acids is 1. The number of nitrogens with one attached hydrogen (secondary N) is 1. The molecule has 0 spiro atoms. The number of amides is 1. The summed E-state index contributed by atoms with van der Waals surface area (Å²) in [5, 5.41) is 3.93. The van der Waals surface area contributed by atoms with Gasteiger partial charge in [-0.3, -0.25) is 10.1 Å². The molecule has 1 N–H and O–H groups in total. The largest absolute Gasteiger partial charge is 0.497 e. The molecule has 116 valence electrons. The van der Waals surface area contributed by atoms with E-state index in [2.05, 4.69) is 18.5 Å². The van der Waals surface area contributed by atoms with Crippen molar-refractivity contribution < 1.29 is 9.53 Å². The Morgan fingerprint density at radius 3 is 2.90 bits per heavy atom. The SMILES string of the molecule is COc1cccc(C2NC(C)C(=O)N2CCC(C)SC)c1. The second kappa shape index (κ2) is 7.18. The van der Waals surface area contributed by atoms with Gasteiger partial charge in [-0.1, -0.05) is 19.1 Å². The molecular formula is C16H24N2O2S. The Kier molecular flexibility index (Phi) is 5.53. The van der Waals surface area contributed by atoms with Crippen LogP contribution in [0.4, 0.5) is 0 Å². The van der Waals surface area contributed by atoms with Crippen LogP contribution in [0.15, 0.2) is 24.3 Å². The molecule has 21 heavy (non-hydrogen) atoms. The van der Waals surface area contributed by atoms with Gasteiger partial charge in [-0.2, -0.15) is 11.8 Å². The molecule has 0 aromatic heterocycles. The van der Waals surface area contributed by atoms with Gasteiger partial charge in [0.15, 0.2) is 0 Å². The van der Waals surface area contributed by atoms with Gasteiger partial charge >= 0.3 is 0 Å². The summed E-state index contributed by atoms with van der Waals surface area (Å²) in [7, 11) is 1.66. The predicted octanol–water partition coefficient (Wildman–Crippen LogP) is 2.66. The zero-order valence-corrected chi connectivity index (χ0v) is 13.9. The fourth-order valence-electron chi connectivity index (χ4n) is 2.54. The number of ether oxygens (including phenoxy) is 1. The number of rotatable bonds is 6. The Morgan fingerprint density at radius 1 is 1.48 bits per heavy atom. The molecule has 3 atom stereocenters. The van der Waals surface area contributed by atoms with E-state index in [9.17, 15) is 4.79 Å². The van der Waals surface area contributed by atoms with Crippen molar-refractivity contribution in [2.24, 2.45) is 0 Å². The normalized spacial score (nSPS) is 23.4. The molecule has 0 saturated carbocycles. The summed E-state index contributed by atoms with van der Waals surface area (Å²) in [5.74, 6) is 0.995. The molecule has 1 fully saturated rings. The molecule has 0 aliphatic carbocycles. The van der Waals surface area contributed by atoms with Gasteiger partial charge in [-0.15, -0.1) is 0 Å². The lowest BCUT2D eigenvalue weighted by molar-refractivity contribution is -0.129. The van der Waals surface area contributed by atoms with Crippen LogP contribution in [0.3, 0.4) is 0 Å². The molecule has 0 bridgehead atoms. The van der Waals surface area contributed by atoms with Gasteiger partial charge < -0.3 is 9.64 Å². The second-order valence-corrected chi connectivity index (χ2v) is 6.71. The molecule has 2 rings (SSSR count). The van der Waals surface area contributed by atoms with E-state index >= 15 is 0 Å². The van der Waals surface area contributed by atoms with Gasteiger partial charge in [0.25, 0.3) is 0 Å². The molecule has 3 unspecified atom stereocenters. The van der Waals surface area contributed by atoms with Crippen molar-refractivity contribution in [3.05, 3.63) is 29.8 Å². The summed E-state index contributed by atoms with van der Waals surface area (Å²) in [6.45, 7) is 4.90. The highest BCUT2D eigenvalue weighted by Crippen LogP contribution is 2.28. The molecule has 1 heterocycles. The smallest absolute Gasteiger partial charge is 0.241 e. The minimum absolute atomic E-state index is 0.0587. The highest BCUT2D eigenvalue weighted by molar-refractivity contribution is 7.99. The first kappa shape index (κ1) is 16.2. The van der Waals surface area contributed by atoms with Gasteiger partial charge in [0.2, 0.25) is 5.91 Å². The summed E-state index contributed by atoms with van der Waals surface area (Å²) in [4.78, 5) is 14.3. The molecule has 1 saturated heterocycles. The van der Waals surface area contributed by atoms with Gasteiger partial charge in [0, 0.05) is 11.8 Å². The second-order valence-electron chi connectivity index (χ2n) is 5.43. The number of hydrogen-bond acceptors (Lipinski definition) is 4.